The van der Waals surface area contributed by atoms with Crippen LogP contribution in [0, 0.1) is 0 Å². The van der Waals surface area contributed by atoms with Gasteiger partial charge in [-0.2, -0.15) is 0 Å². The summed E-state index contributed by atoms with van der Waals surface area (Å²) in [6, 6.07) is 3.87. The van der Waals surface area contributed by atoms with Crippen LogP contribution in [0.2, 0.25) is 0 Å². The fourth-order valence-corrected chi connectivity index (χ4v) is 5.26. The van der Waals surface area contributed by atoms with Crippen molar-refractivity contribution in [1.29, 1.82) is 0 Å². The highest BCUT2D eigenvalue weighted by Gasteiger charge is 2.20. The summed E-state index contributed by atoms with van der Waals surface area (Å²) in [5.74, 6) is -1.75. The number of nitrogens with one attached hydrogen (secondary N) is 2. The molecule has 41 heavy (non-hydrogen) atoms. The number of hydrogen-bond acceptors (Lipinski definition) is 5. The maximum atomic E-state index is 12.4. The second-order valence-corrected chi connectivity index (χ2v) is 12.5. The molecule has 1 aromatic carbocycles. The molecule has 2 amide bonds. The van der Waals surface area contributed by atoms with Crippen LogP contribution in [0.4, 0.5) is 0 Å². The van der Waals surface area contributed by atoms with Gasteiger partial charge in [0.1, 0.15) is 6.04 Å². The third-order valence-electron chi connectivity index (χ3n) is 7.30. The van der Waals surface area contributed by atoms with Gasteiger partial charge in [0.25, 0.3) is 5.91 Å². The van der Waals surface area contributed by atoms with Crippen molar-refractivity contribution in [2.24, 2.45) is 5.14 Å². The van der Waals surface area contributed by atoms with Gasteiger partial charge in [-0.3, -0.25) is 9.59 Å². The van der Waals surface area contributed by atoms with E-state index in [-0.39, 0.29) is 22.8 Å². The average molecular weight is 596 g/mol. The number of rotatable bonds is 25. The molecule has 0 heterocycles. The number of nitrogens with two attached hydrogens (primary N) is 1. The van der Waals surface area contributed by atoms with E-state index in [9.17, 15) is 27.9 Å². The van der Waals surface area contributed by atoms with Gasteiger partial charge in [-0.15, -0.1) is 0 Å². The maximum absolute atomic E-state index is 12.4. The van der Waals surface area contributed by atoms with Crippen LogP contribution in [0.15, 0.2) is 29.2 Å². The summed E-state index contributed by atoms with van der Waals surface area (Å²) in [4.78, 5) is 35.9. The molecule has 0 saturated carbocycles. The Labute approximate surface area is 247 Å². The highest BCUT2D eigenvalue weighted by atomic mass is 32.2. The van der Waals surface area contributed by atoms with Gasteiger partial charge in [0, 0.05) is 18.5 Å². The molecule has 0 bridgehead atoms. The summed E-state index contributed by atoms with van der Waals surface area (Å²) >= 11 is 0. The Bertz CT molecular complexity index is 982. The van der Waals surface area contributed by atoms with Crippen LogP contribution in [0.25, 0.3) is 0 Å². The van der Waals surface area contributed by atoms with Gasteiger partial charge in [0.2, 0.25) is 15.9 Å². The number of hydrogen-bond donors (Lipinski definition) is 4. The SMILES string of the molecule is CCCCCCCCCCCCCCCCCC(=O)NCCCC[C@H](NC(=O)c1ccc(S(N)(=O)=O)cc1)C(=O)O. The van der Waals surface area contributed by atoms with Crippen LogP contribution < -0.4 is 15.8 Å². The van der Waals surface area contributed by atoms with E-state index in [0.717, 1.165) is 12.8 Å². The van der Waals surface area contributed by atoms with Crippen molar-refractivity contribution in [3.8, 4) is 0 Å². The molecule has 5 N–H and O–H groups in total. The van der Waals surface area contributed by atoms with E-state index in [1.807, 2.05) is 0 Å². The smallest absolute Gasteiger partial charge is 0.326 e. The van der Waals surface area contributed by atoms with Crippen LogP contribution in [0.5, 0.6) is 0 Å². The molecule has 10 heteroatoms. The fraction of sp³-hybridized carbons (Fsp3) is 0.710. The zero-order chi connectivity index (χ0) is 30.3. The largest absolute Gasteiger partial charge is 0.480 e. The van der Waals surface area contributed by atoms with E-state index < -0.39 is 27.9 Å². The number of carbonyl (C=O) groups excluding carboxylic acids is 2. The summed E-state index contributed by atoms with van der Waals surface area (Å²) in [5, 5.41) is 19.8. The van der Waals surface area contributed by atoms with Crippen LogP contribution in [0.1, 0.15) is 139 Å². The second kappa shape index (κ2) is 22.2. The number of carboxylic acid groups (broad SMARTS) is 1. The average Bonchev–Trinajstić information content (AvgIpc) is 2.93. The number of carboxylic acids is 1. The van der Waals surface area contributed by atoms with E-state index >= 15 is 0 Å². The fourth-order valence-electron chi connectivity index (χ4n) is 4.74. The molecule has 0 spiro atoms. The van der Waals surface area contributed by atoms with E-state index in [4.69, 9.17) is 5.14 Å². The standard InChI is InChI=1S/C31H53N3O6S/c1-2-3-4-5-6-7-8-9-10-11-12-13-14-15-16-20-29(35)33-25-18-17-19-28(31(37)38)34-30(36)26-21-23-27(24-22-26)41(32,39)40/h21-24,28H,2-20,25H2,1H3,(H,33,35)(H,34,36)(H,37,38)(H2,32,39,40)/t28-/m0/s1. The minimum absolute atomic E-state index is 0.0192. The number of unbranched alkanes of at least 4 members (excludes halogenated alkanes) is 15. The number of primary sulfonamides is 1. The monoisotopic (exact) mass is 595 g/mol. The van der Waals surface area contributed by atoms with Crippen molar-refractivity contribution in [3.05, 3.63) is 29.8 Å². The lowest BCUT2D eigenvalue weighted by molar-refractivity contribution is -0.139. The summed E-state index contributed by atoms with van der Waals surface area (Å²) in [6.45, 7) is 2.72. The molecule has 0 unspecified atom stereocenters. The van der Waals surface area contributed by atoms with Crippen LogP contribution in [0.3, 0.4) is 0 Å². The minimum atomic E-state index is -3.88. The first-order chi connectivity index (χ1) is 19.6. The molecule has 0 radical (unpaired) electrons. The van der Waals surface area contributed by atoms with Crippen LogP contribution in [-0.2, 0) is 19.6 Å². The maximum Gasteiger partial charge on any atom is 0.326 e. The highest BCUT2D eigenvalue weighted by Crippen LogP contribution is 2.14. The van der Waals surface area contributed by atoms with Gasteiger partial charge in [-0.1, -0.05) is 96.8 Å². The van der Waals surface area contributed by atoms with Crippen molar-refractivity contribution in [3.63, 3.8) is 0 Å². The van der Waals surface area contributed by atoms with E-state index in [1.54, 1.807) is 0 Å². The molecule has 0 fully saturated rings. The Morgan fingerprint density at radius 3 is 1.71 bits per heavy atom. The molecule has 9 nitrogen and oxygen atoms in total. The molecule has 1 atom stereocenters. The van der Waals surface area contributed by atoms with E-state index in [1.165, 1.54) is 108 Å². The Balaban J connectivity index is 2.05. The molecular weight excluding hydrogens is 542 g/mol. The van der Waals surface area contributed by atoms with E-state index in [0.29, 0.717) is 25.8 Å². The lowest BCUT2D eigenvalue weighted by Gasteiger charge is -2.15. The Hall–Kier alpha value is -2.46. The predicted octanol–water partition coefficient (Wildman–Crippen LogP) is 6.07. The van der Waals surface area contributed by atoms with Gasteiger partial charge < -0.3 is 15.7 Å². The molecular formula is C31H53N3O6S. The Morgan fingerprint density at radius 2 is 1.24 bits per heavy atom. The van der Waals surface area contributed by atoms with Crippen molar-refractivity contribution >= 4 is 27.8 Å². The zero-order valence-electron chi connectivity index (χ0n) is 25.0. The van der Waals surface area contributed by atoms with Crippen molar-refractivity contribution in [1.82, 2.24) is 10.6 Å². The first-order valence-electron chi connectivity index (χ1n) is 15.6. The highest BCUT2D eigenvalue weighted by molar-refractivity contribution is 7.89. The van der Waals surface area contributed by atoms with Crippen molar-refractivity contribution in [2.75, 3.05) is 6.54 Å². The minimum Gasteiger partial charge on any atom is -0.480 e. The normalized spacial score (nSPS) is 12.1. The van der Waals surface area contributed by atoms with Gasteiger partial charge >= 0.3 is 5.97 Å². The van der Waals surface area contributed by atoms with E-state index in [2.05, 4.69) is 17.6 Å². The molecule has 0 aliphatic rings. The molecule has 0 aliphatic heterocycles. The van der Waals surface area contributed by atoms with Crippen LogP contribution in [-0.4, -0.2) is 43.9 Å². The summed E-state index contributed by atoms with van der Waals surface area (Å²) in [7, 11) is -3.88. The first-order valence-corrected chi connectivity index (χ1v) is 17.1. The molecule has 0 aromatic heterocycles. The van der Waals surface area contributed by atoms with Gasteiger partial charge in [0.05, 0.1) is 4.90 Å². The summed E-state index contributed by atoms with van der Waals surface area (Å²) < 4.78 is 22.7. The number of carbonyl (C=O) groups is 3. The molecule has 0 saturated heterocycles. The zero-order valence-corrected chi connectivity index (χ0v) is 25.8. The molecule has 1 rings (SSSR count). The number of aliphatic carboxylic acids is 1. The summed E-state index contributed by atoms with van der Waals surface area (Å²) in [5.41, 5.74) is 0.134. The van der Waals surface area contributed by atoms with Gasteiger partial charge in [-0.25, -0.2) is 18.4 Å². The van der Waals surface area contributed by atoms with Gasteiger partial charge in [-0.05, 0) is 49.9 Å². The molecule has 0 aliphatic carbocycles. The molecule has 234 valence electrons. The number of benzene rings is 1. The molecule has 1 aromatic rings. The number of sulfonamides is 1. The topological polar surface area (TPSA) is 156 Å². The number of amides is 2. The quantitative estimate of drug-likeness (QED) is 0.101. The van der Waals surface area contributed by atoms with Crippen LogP contribution >= 0.6 is 0 Å². The predicted molar refractivity (Wildman–Crippen MR) is 163 cm³/mol. The second-order valence-electron chi connectivity index (χ2n) is 11.0. The van der Waals surface area contributed by atoms with Crippen molar-refractivity contribution < 1.29 is 27.9 Å². The Morgan fingerprint density at radius 1 is 0.756 bits per heavy atom. The third kappa shape index (κ3) is 18.6. The first kappa shape index (κ1) is 36.6. The summed E-state index contributed by atoms with van der Waals surface area (Å²) in [6.07, 6.45) is 21.1. The lowest BCUT2D eigenvalue weighted by atomic mass is 10.0. The Kier molecular flexibility index (Phi) is 19.8. The van der Waals surface area contributed by atoms with Crippen molar-refractivity contribution in [2.45, 2.75) is 140 Å². The van der Waals surface area contributed by atoms with Gasteiger partial charge in [0.15, 0.2) is 0 Å². The lowest BCUT2D eigenvalue weighted by Crippen LogP contribution is -2.40. The third-order valence-corrected chi connectivity index (χ3v) is 8.23.